The molecule has 18 heavy (non-hydrogen) atoms. The number of carboxylic acid groups (broad SMARTS) is 1. The first kappa shape index (κ1) is 14.7. The van der Waals surface area contributed by atoms with Crippen LogP contribution >= 0.6 is 11.3 Å². The first-order valence-corrected chi connectivity index (χ1v) is 7.11. The van der Waals surface area contributed by atoms with Crippen LogP contribution in [0.4, 0.5) is 0 Å². The average Bonchev–Trinajstić information content (AvgIpc) is 2.85. The molecule has 4 nitrogen and oxygen atoms in total. The molecule has 0 fully saturated rings. The van der Waals surface area contributed by atoms with Gasteiger partial charge in [0.2, 0.25) is 0 Å². The van der Waals surface area contributed by atoms with Gasteiger partial charge in [-0.1, -0.05) is 25.3 Å². The van der Waals surface area contributed by atoms with Gasteiger partial charge in [-0.05, 0) is 24.3 Å². The number of carbonyl (C=O) groups excluding carboxylic acids is 1. The van der Waals surface area contributed by atoms with Gasteiger partial charge < -0.3 is 10.4 Å². The highest BCUT2D eigenvalue weighted by molar-refractivity contribution is 7.12. The summed E-state index contributed by atoms with van der Waals surface area (Å²) in [6, 6.07) is 3.67. The summed E-state index contributed by atoms with van der Waals surface area (Å²) in [7, 11) is 0. The minimum Gasteiger partial charge on any atom is -0.481 e. The van der Waals surface area contributed by atoms with E-state index in [0.29, 0.717) is 6.54 Å². The Morgan fingerprint density at radius 3 is 2.61 bits per heavy atom. The van der Waals surface area contributed by atoms with Crippen LogP contribution in [-0.4, -0.2) is 23.5 Å². The molecular weight excluding hydrogens is 250 g/mol. The summed E-state index contributed by atoms with van der Waals surface area (Å²) in [6.07, 6.45) is 4.97. The minimum absolute atomic E-state index is 0. The maximum Gasteiger partial charge on any atom is 0.303 e. The van der Waals surface area contributed by atoms with E-state index in [1.807, 2.05) is 17.5 Å². The number of hydrogen-bond donors (Lipinski definition) is 2. The molecule has 1 aromatic heterocycles. The van der Waals surface area contributed by atoms with Gasteiger partial charge in [0.05, 0.1) is 4.88 Å². The van der Waals surface area contributed by atoms with Gasteiger partial charge in [-0.3, -0.25) is 9.59 Å². The van der Waals surface area contributed by atoms with Crippen molar-refractivity contribution in [1.29, 1.82) is 0 Å². The summed E-state index contributed by atoms with van der Waals surface area (Å²) >= 11 is 1.44. The minimum atomic E-state index is -0.724. The fraction of sp³-hybridized carbons (Fsp3) is 0.538. The molecule has 0 aliphatic heterocycles. The molecule has 0 aromatic carbocycles. The van der Waals surface area contributed by atoms with Crippen LogP contribution in [0.3, 0.4) is 0 Å². The molecule has 5 heteroatoms. The molecule has 1 amide bonds. The molecule has 102 valence electrons. The lowest BCUT2D eigenvalue weighted by Gasteiger charge is -2.03. The summed E-state index contributed by atoms with van der Waals surface area (Å²) in [6.45, 7) is 0.690. The summed E-state index contributed by atoms with van der Waals surface area (Å²) in [5.74, 6) is -0.728. The maximum absolute atomic E-state index is 11.5. The van der Waals surface area contributed by atoms with Crippen LogP contribution in [0.2, 0.25) is 0 Å². The fourth-order valence-corrected chi connectivity index (χ4v) is 2.27. The van der Waals surface area contributed by atoms with Crippen molar-refractivity contribution >= 4 is 23.2 Å². The number of carbonyl (C=O) groups is 2. The van der Waals surface area contributed by atoms with Crippen LogP contribution in [0.1, 0.15) is 49.6 Å². The lowest BCUT2D eigenvalue weighted by atomic mass is 10.1. The van der Waals surface area contributed by atoms with Gasteiger partial charge in [0.1, 0.15) is 0 Å². The van der Waals surface area contributed by atoms with E-state index in [1.165, 1.54) is 11.3 Å². The first-order valence-electron chi connectivity index (χ1n) is 6.23. The normalized spacial score (nSPS) is 10.2. The highest BCUT2D eigenvalue weighted by Gasteiger charge is 2.04. The molecule has 0 bridgehead atoms. The van der Waals surface area contributed by atoms with E-state index in [1.54, 1.807) is 0 Å². The van der Waals surface area contributed by atoms with Crippen LogP contribution in [0.5, 0.6) is 0 Å². The SMILES string of the molecule is O=C(O)CCCCCCCNC(=O)c1cccs1.[HH]. The Kier molecular flexibility index (Phi) is 7.10. The fourth-order valence-electron chi connectivity index (χ4n) is 1.63. The number of unbranched alkanes of at least 4 members (excludes halogenated alkanes) is 4. The van der Waals surface area contributed by atoms with Crippen molar-refractivity contribution in [2.24, 2.45) is 0 Å². The average molecular weight is 271 g/mol. The summed E-state index contributed by atoms with van der Waals surface area (Å²) in [4.78, 5) is 22.6. The number of carboxylic acids is 1. The molecule has 0 unspecified atom stereocenters. The van der Waals surface area contributed by atoms with Gasteiger partial charge in [-0.25, -0.2) is 0 Å². The zero-order chi connectivity index (χ0) is 13.2. The first-order chi connectivity index (χ1) is 8.70. The third-order valence-corrected chi connectivity index (χ3v) is 3.47. The Morgan fingerprint density at radius 1 is 1.22 bits per heavy atom. The third kappa shape index (κ3) is 6.39. The second kappa shape index (κ2) is 8.69. The maximum atomic E-state index is 11.5. The molecule has 1 heterocycles. The second-order valence-electron chi connectivity index (χ2n) is 4.14. The van der Waals surface area contributed by atoms with E-state index in [9.17, 15) is 9.59 Å². The Labute approximate surface area is 113 Å². The summed E-state index contributed by atoms with van der Waals surface area (Å²) in [5.41, 5.74) is 0. The van der Waals surface area contributed by atoms with Gasteiger partial charge in [-0.15, -0.1) is 11.3 Å². The van der Waals surface area contributed by atoms with Gasteiger partial charge in [-0.2, -0.15) is 0 Å². The summed E-state index contributed by atoms with van der Waals surface area (Å²) in [5, 5.41) is 13.2. The molecule has 0 aliphatic rings. The van der Waals surface area contributed by atoms with E-state index >= 15 is 0 Å². The van der Waals surface area contributed by atoms with Crippen molar-refractivity contribution in [1.82, 2.24) is 5.32 Å². The van der Waals surface area contributed by atoms with Crippen molar-refractivity contribution < 1.29 is 16.1 Å². The van der Waals surface area contributed by atoms with Crippen LogP contribution in [0.15, 0.2) is 17.5 Å². The number of aliphatic carboxylic acids is 1. The molecule has 1 rings (SSSR count). The predicted octanol–water partition coefficient (Wildman–Crippen LogP) is 3.15. The largest absolute Gasteiger partial charge is 0.481 e. The molecule has 0 atom stereocenters. The highest BCUT2D eigenvalue weighted by Crippen LogP contribution is 2.08. The van der Waals surface area contributed by atoms with Gasteiger partial charge in [0.15, 0.2) is 0 Å². The van der Waals surface area contributed by atoms with E-state index in [-0.39, 0.29) is 13.8 Å². The van der Waals surface area contributed by atoms with Crippen molar-refractivity contribution in [2.75, 3.05) is 6.54 Å². The monoisotopic (exact) mass is 271 g/mol. The van der Waals surface area contributed by atoms with Crippen LogP contribution in [0.25, 0.3) is 0 Å². The predicted molar refractivity (Wildman–Crippen MR) is 74.1 cm³/mol. The Hall–Kier alpha value is -1.36. The topological polar surface area (TPSA) is 66.4 Å². The van der Waals surface area contributed by atoms with Crippen LogP contribution < -0.4 is 5.32 Å². The van der Waals surface area contributed by atoms with Gasteiger partial charge in [0, 0.05) is 14.4 Å². The number of rotatable bonds is 9. The van der Waals surface area contributed by atoms with E-state index in [0.717, 1.165) is 37.0 Å². The van der Waals surface area contributed by atoms with Crippen LogP contribution in [-0.2, 0) is 4.79 Å². The van der Waals surface area contributed by atoms with Crippen molar-refractivity contribution in [2.45, 2.75) is 38.5 Å². The Bertz CT molecular complexity index is 368. The number of amides is 1. The molecule has 0 saturated carbocycles. The summed E-state index contributed by atoms with van der Waals surface area (Å²) < 4.78 is 0. The highest BCUT2D eigenvalue weighted by atomic mass is 32.1. The second-order valence-corrected chi connectivity index (χ2v) is 5.09. The zero-order valence-electron chi connectivity index (χ0n) is 10.4. The Balaban J connectivity index is 0.00000324. The van der Waals surface area contributed by atoms with E-state index < -0.39 is 5.97 Å². The molecule has 0 radical (unpaired) electrons. The molecule has 2 N–H and O–H groups in total. The lowest BCUT2D eigenvalue weighted by molar-refractivity contribution is -0.137. The van der Waals surface area contributed by atoms with E-state index in [2.05, 4.69) is 5.32 Å². The number of hydrogen-bond acceptors (Lipinski definition) is 3. The molecule has 1 aromatic rings. The van der Waals surface area contributed by atoms with E-state index in [4.69, 9.17) is 5.11 Å². The molecule has 0 aliphatic carbocycles. The molecule has 0 saturated heterocycles. The molecular formula is C13H21NO3S. The third-order valence-electron chi connectivity index (χ3n) is 2.60. The molecule has 0 spiro atoms. The number of thiophene rings is 1. The van der Waals surface area contributed by atoms with Crippen molar-refractivity contribution in [3.05, 3.63) is 22.4 Å². The van der Waals surface area contributed by atoms with Gasteiger partial charge >= 0.3 is 5.97 Å². The van der Waals surface area contributed by atoms with Crippen molar-refractivity contribution in [3.63, 3.8) is 0 Å². The van der Waals surface area contributed by atoms with Gasteiger partial charge in [0.25, 0.3) is 5.91 Å². The Morgan fingerprint density at radius 2 is 1.94 bits per heavy atom. The zero-order valence-corrected chi connectivity index (χ0v) is 11.2. The van der Waals surface area contributed by atoms with Crippen molar-refractivity contribution in [3.8, 4) is 0 Å². The van der Waals surface area contributed by atoms with Crippen LogP contribution in [0, 0.1) is 0 Å². The number of nitrogens with one attached hydrogen (secondary N) is 1. The standard InChI is InChI=1S/C13H19NO3S.H2/c15-12(16)8-4-2-1-3-5-9-14-13(17)11-7-6-10-18-11;/h6-7,10H,1-5,8-9H2,(H,14,17)(H,15,16);1H. The quantitative estimate of drug-likeness (QED) is 0.678. The smallest absolute Gasteiger partial charge is 0.303 e. The lowest BCUT2D eigenvalue weighted by Crippen LogP contribution is -2.23.